The van der Waals surface area contributed by atoms with E-state index in [9.17, 15) is 9.90 Å². The van der Waals surface area contributed by atoms with E-state index in [1.165, 1.54) is 21.6 Å². The summed E-state index contributed by atoms with van der Waals surface area (Å²) in [6.07, 6.45) is 2.09. The zero-order chi connectivity index (χ0) is 19.8. The van der Waals surface area contributed by atoms with Gasteiger partial charge in [0.2, 0.25) is 0 Å². The number of hydrogen-bond acceptors (Lipinski definition) is 4. The predicted molar refractivity (Wildman–Crippen MR) is 113 cm³/mol. The third-order valence-corrected chi connectivity index (χ3v) is 6.96. The van der Waals surface area contributed by atoms with Crippen LogP contribution in [-0.4, -0.2) is 35.1 Å². The Hall–Kier alpha value is -2.11. The van der Waals surface area contributed by atoms with Crippen molar-refractivity contribution in [2.75, 3.05) is 13.1 Å². The van der Waals surface area contributed by atoms with Crippen LogP contribution in [0.5, 0.6) is 5.75 Å². The molecule has 4 nitrogen and oxygen atoms in total. The molecule has 1 saturated heterocycles. The highest BCUT2D eigenvalue weighted by Gasteiger charge is 2.27. The van der Waals surface area contributed by atoms with Crippen LogP contribution in [0.15, 0.2) is 35.2 Å². The maximum Gasteiger partial charge on any atom is 0.310 e. The summed E-state index contributed by atoms with van der Waals surface area (Å²) in [5, 5.41) is 11.6. The Morgan fingerprint density at radius 1 is 1.18 bits per heavy atom. The Bertz CT molecular complexity index is 918. The van der Waals surface area contributed by atoms with E-state index < -0.39 is 11.9 Å². The van der Waals surface area contributed by atoms with Crippen molar-refractivity contribution >= 4 is 22.9 Å². The summed E-state index contributed by atoms with van der Waals surface area (Å²) in [7, 11) is 0. The van der Waals surface area contributed by atoms with Gasteiger partial charge in [0, 0.05) is 40.7 Å². The number of nitrogens with zero attached hydrogens (tertiary/aromatic N) is 1. The predicted octanol–water partition coefficient (Wildman–Crippen LogP) is 5.13. The van der Waals surface area contributed by atoms with Crippen molar-refractivity contribution in [1.82, 2.24) is 4.90 Å². The molecule has 1 atom stereocenters. The van der Waals surface area contributed by atoms with E-state index in [2.05, 4.69) is 30.2 Å². The maximum absolute atomic E-state index is 11.5. The number of benzene rings is 1. The summed E-state index contributed by atoms with van der Waals surface area (Å²) in [4.78, 5) is 15.3. The third kappa shape index (κ3) is 3.49. The van der Waals surface area contributed by atoms with Gasteiger partial charge in [0.05, 0.1) is 5.92 Å². The van der Waals surface area contributed by atoms with E-state index in [0.717, 1.165) is 42.8 Å². The first-order valence-electron chi connectivity index (χ1n) is 9.98. The standard InChI is InChI=1S/C23H27NO3S/c1-14(2)24-9-6-16(7-10-24)21-19-12-17(15(3)23(25)26)4-5-20(19)27-13-18-8-11-28-22(18)21/h4-5,8,11-12,14-15H,6-7,9-10,13H2,1-3H3,(H,25,26). The fourth-order valence-corrected chi connectivity index (χ4v) is 5.16. The van der Waals surface area contributed by atoms with Crippen molar-refractivity contribution in [3.8, 4) is 5.75 Å². The molecule has 0 amide bonds. The minimum Gasteiger partial charge on any atom is -0.488 e. The molecule has 148 valence electrons. The number of rotatable bonds is 3. The fraction of sp³-hybridized carbons (Fsp3) is 0.435. The van der Waals surface area contributed by atoms with Crippen molar-refractivity contribution in [1.29, 1.82) is 0 Å². The van der Waals surface area contributed by atoms with E-state index in [0.29, 0.717) is 12.6 Å². The number of fused-ring (bicyclic) bond motifs is 2. The molecule has 0 aliphatic carbocycles. The van der Waals surface area contributed by atoms with E-state index in [1.54, 1.807) is 18.3 Å². The topological polar surface area (TPSA) is 49.8 Å². The van der Waals surface area contributed by atoms with Crippen LogP contribution in [-0.2, 0) is 11.4 Å². The summed E-state index contributed by atoms with van der Waals surface area (Å²) in [5.74, 6) is -0.477. The molecule has 0 spiro atoms. The summed E-state index contributed by atoms with van der Waals surface area (Å²) >= 11 is 1.76. The first-order chi connectivity index (χ1) is 13.5. The van der Waals surface area contributed by atoms with Crippen LogP contribution in [0.4, 0.5) is 0 Å². The first-order valence-corrected chi connectivity index (χ1v) is 10.9. The van der Waals surface area contributed by atoms with E-state index in [4.69, 9.17) is 4.74 Å². The van der Waals surface area contributed by atoms with Gasteiger partial charge in [-0.05, 0) is 62.8 Å². The molecule has 1 unspecified atom stereocenters. The summed E-state index contributed by atoms with van der Waals surface area (Å²) < 4.78 is 6.12. The lowest BCUT2D eigenvalue weighted by molar-refractivity contribution is -0.138. The number of piperidine rings is 1. The molecule has 1 aromatic carbocycles. The quantitative estimate of drug-likeness (QED) is 0.780. The van der Waals surface area contributed by atoms with Gasteiger partial charge in [0.25, 0.3) is 0 Å². The van der Waals surface area contributed by atoms with Gasteiger partial charge in [0.1, 0.15) is 12.4 Å². The molecule has 3 heterocycles. The number of hydrogen-bond donors (Lipinski definition) is 1. The van der Waals surface area contributed by atoms with E-state index in [1.807, 2.05) is 18.2 Å². The lowest BCUT2D eigenvalue weighted by Crippen LogP contribution is -2.36. The zero-order valence-electron chi connectivity index (χ0n) is 16.7. The number of carboxylic acid groups (broad SMARTS) is 1. The molecule has 2 aliphatic heterocycles. The summed E-state index contributed by atoms with van der Waals surface area (Å²) in [6, 6.07) is 8.60. The normalized spacial score (nSPS) is 18.3. The zero-order valence-corrected chi connectivity index (χ0v) is 17.5. The smallest absolute Gasteiger partial charge is 0.310 e. The number of carboxylic acids is 1. The Labute approximate surface area is 170 Å². The van der Waals surface area contributed by atoms with Crippen LogP contribution in [0.3, 0.4) is 0 Å². The molecule has 28 heavy (non-hydrogen) atoms. The van der Waals surface area contributed by atoms with Crippen molar-refractivity contribution in [3.05, 3.63) is 56.8 Å². The second kappa shape index (κ2) is 7.72. The average Bonchev–Trinajstić information content (AvgIpc) is 3.09. The number of aliphatic carboxylic acids is 1. The molecular formula is C23H27NO3S. The SMILES string of the molecule is CC(C(=O)O)c1ccc2c(c1)C(=C1CCN(C(C)C)CC1)c1sccc1CO2. The molecule has 0 bridgehead atoms. The monoisotopic (exact) mass is 397 g/mol. The molecule has 1 fully saturated rings. The number of ether oxygens (including phenoxy) is 1. The molecule has 4 rings (SSSR count). The average molecular weight is 398 g/mol. The van der Waals surface area contributed by atoms with Crippen LogP contribution < -0.4 is 4.74 Å². The first kappa shape index (κ1) is 19.2. The van der Waals surface area contributed by atoms with Crippen molar-refractivity contribution in [2.24, 2.45) is 0 Å². The fourth-order valence-electron chi connectivity index (χ4n) is 4.14. The van der Waals surface area contributed by atoms with Gasteiger partial charge in [0.15, 0.2) is 0 Å². The van der Waals surface area contributed by atoms with Crippen molar-refractivity contribution in [3.63, 3.8) is 0 Å². The Balaban J connectivity index is 1.83. The van der Waals surface area contributed by atoms with Gasteiger partial charge < -0.3 is 14.7 Å². The number of thiophene rings is 1. The highest BCUT2D eigenvalue weighted by atomic mass is 32.1. The van der Waals surface area contributed by atoms with E-state index in [-0.39, 0.29) is 0 Å². The number of likely N-dealkylation sites (tertiary alicyclic amines) is 1. The van der Waals surface area contributed by atoms with Crippen molar-refractivity contribution < 1.29 is 14.6 Å². The molecule has 0 saturated carbocycles. The lowest BCUT2D eigenvalue weighted by Gasteiger charge is -2.33. The van der Waals surface area contributed by atoms with Crippen LogP contribution in [0, 0.1) is 0 Å². The second-order valence-electron chi connectivity index (χ2n) is 7.99. The van der Waals surface area contributed by atoms with Gasteiger partial charge in [-0.15, -0.1) is 11.3 Å². The molecule has 5 heteroatoms. The van der Waals surface area contributed by atoms with Crippen LogP contribution in [0.2, 0.25) is 0 Å². The molecular weight excluding hydrogens is 370 g/mol. The van der Waals surface area contributed by atoms with Crippen molar-refractivity contribution in [2.45, 2.75) is 52.2 Å². The molecule has 1 aromatic heterocycles. The Morgan fingerprint density at radius 2 is 1.93 bits per heavy atom. The van der Waals surface area contributed by atoms with Gasteiger partial charge in [-0.2, -0.15) is 0 Å². The highest BCUT2D eigenvalue weighted by Crippen LogP contribution is 2.44. The highest BCUT2D eigenvalue weighted by molar-refractivity contribution is 7.11. The van der Waals surface area contributed by atoms with Crippen LogP contribution in [0.1, 0.15) is 61.1 Å². The van der Waals surface area contributed by atoms with E-state index >= 15 is 0 Å². The second-order valence-corrected chi connectivity index (χ2v) is 8.90. The minimum atomic E-state index is -0.800. The number of carbonyl (C=O) groups is 1. The lowest BCUT2D eigenvalue weighted by atomic mass is 9.88. The van der Waals surface area contributed by atoms with Gasteiger partial charge in [-0.1, -0.05) is 11.6 Å². The van der Waals surface area contributed by atoms with Gasteiger partial charge >= 0.3 is 5.97 Å². The third-order valence-electron chi connectivity index (χ3n) is 5.99. The minimum absolute atomic E-state index is 0.537. The van der Waals surface area contributed by atoms with Crippen LogP contribution in [0.25, 0.3) is 5.57 Å². The molecule has 2 aliphatic rings. The molecule has 2 aromatic rings. The van der Waals surface area contributed by atoms with Crippen LogP contribution >= 0.6 is 11.3 Å². The summed E-state index contributed by atoms with van der Waals surface area (Å²) in [5.41, 5.74) is 5.85. The Kier molecular flexibility index (Phi) is 5.30. The molecule has 1 N–H and O–H groups in total. The molecule has 0 radical (unpaired) electrons. The largest absolute Gasteiger partial charge is 0.488 e. The van der Waals surface area contributed by atoms with Gasteiger partial charge in [-0.3, -0.25) is 4.79 Å². The summed E-state index contributed by atoms with van der Waals surface area (Å²) in [6.45, 7) is 8.95. The van der Waals surface area contributed by atoms with Gasteiger partial charge in [-0.25, -0.2) is 0 Å². The maximum atomic E-state index is 11.5. The Morgan fingerprint density at radius 3 is 2.61 bits per heavy atom.